The zero-order chi connectivity index (χ0) is 19.0. The highest BCUT2D eigenvalue weighted by atomic mass is 32.2. The molecule has 0 radical (unpaired) electrons. The monoisotopic (exact) mass is 378 g/mol. The SMILES string of the molecule is Cc1cc(C)n2nc(SC(C)C(=O)Nc3cccc4ncccc34)nc2n1. The molecule has 0 fully saturated rings. The van der Waals surface area contributed by atoms with E-state index in [1.54, 1.807) is 10.7 Å². The average molecular weight is 378 g/mol. The Morgan fingerprint density at radius 2 is 2.04 bits per heavy atom. The summed E-state index contributed by atoms with van der Waals surface area (Å²) in [6.45, 7) is 5.71. The molecule has 1 atom stereocenters. The van der Waals surface area contributed by atoms with Gasteiger partial charge < -0.3 is 5.32 Å². The summed E-state index contributed by atoms with van der Waals surface area (Å²) in [6.07, 6.45) is 1.74. The summed E-state index contributed by atoms with van der Waals surface area (Å²) < 4.78 is 1.69. The first-order valence-electron chi connectivity index (χ1n) is 8.53. The van der Waals surface area contributed by atoms with E-state index >= 15 is 0 Å². The predicted octanol–water partition coefficient (Wildman–Crippen LogP) is 3.41. The summed E-state index contributed by atoms with van der Waals surface area (Å²) in [7, 11) is 0. The Morgan fingerprint density at radius 3 is 2.89 bits per heavy atom. The van der Waals surface area contributed by atoms with E-state index in [4.69, 9.17) is 0 Å². The van der Waals surface area contributed by atoms with Crippen molar-refractivity contribution in [2.75, 3.05) is 5.32 Å². The molecule has 4 aromatic rings. The molecule has 136 valence electrons. The van der Waals surface area contributed by atoms with E-state index in [-0.39, 0.29) is 11.2 Å². The first kappa shape index (κ1) is 17.4. The van der Waals surface area contributed by atoms with E-state index in [1.807, 2.05) is 57.2 Å². The van der Waals surface area contributed by atoms with Crippen LogP contribution in [0.2, 0.25) is 0 Å². The van der Waals surface area contributed by atoms with Crippen LogP contribution < -0.4 is 5.32 Å². The van der Waals surface area contributed by atoms with Crippen molar-refractivity contribution >= 4 is 40.0 Å². The van der Waals surface area contributed by atoms with Gasteiger partial charge in [-0.3, -0.25) is 9.78 Å². The Balaban J connectivity index is 1.53. The maximum atomic E-state index is 12.7. The number of carbonyl (C=O) groups is 1. The number of hydrogen-bond acceptors (Lipinski definition) is 6. The number of aryl methyl sites for hydroxylation is 2. The Bertz CT molecular complexity index is 1150. The number of anilines is 1. The lowest BCUT2D eigenvalue weighted by molar-refractivity contribution is -0.115. The van der Waals surface area contributed by atoms with Gasteiger partial charge in [0.1, 0.15) is 0 Å². The highest BCUT2D eigenvalue weighted by Gasteiger charge is 2.19. The molecule has 1 aromatic carbocycles. The molecular weight excluding hydrogens is 360 g/mol. The average Bonchev–Trinajstić information content (AvgIpc) is 3.04. The zero-order valence-corrected chi connectivity index (χ0v) is 16.0. The number of aromatic nitrogens is 5. The molecule has 0 spiro atoms. The van der Waals surface area contributed by atoms with Crippen molar-refractivity contribution < 1.29 is 4.79 Å². The third kappa shape index (κ3) is 3.48. The molecule has 8 heteroatoms. The molecule has 3 aromatic heterocycles. The first-order chi connectivity index (χ1) is 13.0. The van der Waals surface area contributed by atoms with Gasteiger partial charge in [-0.15, -0.1) is 5.10 Å². The van der Waals surface area contributed by atoms with Gasteiger partial charge in [-0.2, -0.15) is 4.98 Å². The maximum Gasteiger partial charge on any atom is 0.253 e. The molecule has 0 saturated heterocycles. The van der Waals surface area contributed by atoms with Crippen LogP contribution in [0.5, 0.6) is 0 Å². The standard InChI is InChI=1S/C19H18N6OS/c1-11-10-12(2)25-18(21-11)23-19(24-25)27-13(3)17(26)22-16-8-4-7-15-14(16)6-5-9-20-15/h4-10,13H,1-3H3,(H,22,26). The number of nitrogens with zero attached hydrogens (tertiary/aromatic N) is 5. The van der Waals surface area contributed by atoms with Gasteiger partial charge in [0, 0.05) is 23.0 Å². The van der Waals surface area contributed by atoms with Gasteiger partial charge in [-0.25, -0.2) is 9.50 Å². The van der Waals surface area contributed by atoms with E-state index in [0.717, 1.165) is 28.0 Å². The topological polar surface area (TPSA) is 85.1 Å². The summed E-state index contributed by atoms with van der Waals surface area (Å²) in [5, 5.41) is 8.50. The minimum Gasteiger partial charge on any atom is -0.324 e. The second-order valence-corrected chi connectivity index (χ2v) is 7.58. The van der Waals surface area contributed by atoms with Crippen LogP contribution in [0.1, 0.15) is 18.3 Å². The van der Waals surface area contributed by atoms with Crippen LogP contribution in [0.3, 0.4) is 0 Å². The first-order valence-corrected chi connectivity index (χ1v) is 9.41. The number of thioether (sulfide) groups is 1. The molecule has 3 heterocycles. The van der Waals surface area contributed by atoms with Crippen molar-refractivity contribution in [3.63, 3.8) is 0 Å². The number of benzene rings is 1. The van der Waals surface area contributed by atoms with Gasteiger partial charge in [0.05, 0.1) is 16.5 Å². The second kappa shape index (κ2) is 6.96. The summed E-state index contributed by atoms with van der Waals surface area (Å²) >= 11 is 1.31. The van der Waals surface area contributed by atoms with Gasteiger partial charge in [0.15, 0.2) is 0 Å². The fourth-order valence-electron chi connectivity index (χ4n) is 2.86. The van der Waals surface area contributed by atoms with E-state index in [9.17, 15) is 4.79 Å². The molecule has 27 heavy (non-hydrogen) atoms. The molecule has 0 aliphatic carbocycles. The zero-order valence-electron chi connectivity index (χ0n) is 15.2. The van der Waals surface area contributed by atoms with Crippen LogP contribution in [-0.4, -0.2) is 35.7 Å². The van der Waals surface area contributed by atoms with Crippen LogP contribution in [-0.2, 0) is 4.79 Å². The molecule has 4 rings (SSSR count). The number of rotatable bonds is 4. The van der Waals surface area contributed by atoms with Crippen molar-refractivity contribution in [2.45, 2.75) is 31.2 Å². The summed E-state index contributed by atoms with van der Waals surface area (Å²) in [5.41, 5.74) is 3.43. The Kier molecular flexibility index (Phi) is 4.49. The van der Waals surface area contributed by atoms with Crippen molar-refractivity contribution in [2.24, 2.45) is 0 Å². The minimum atomic E-state index is -0.365. The minimum absolute atomic E-state index is 0.115. The molecule has 0 saturated carbocycles. The normalized spacial score (nSPS) is 12.4. The number of carbonyl (C=O) groups excluding carboxylic acids is 1. The summed E-state index contributed by atoms with van der Waals surface area (Å²) in [5.74, 6) is 0.429. The number of fused-ring (bicyclic) bond motifs is 2. The lowest BCUT2D eigenvalue weighted by atomic mass is 10.2. The molecule has 1 N–H and O–H groups in total. The lowest BCUT2D eigenvalue weighted by Gasteiger charge is -2.11. The number of pyridine rings is 1. The van der Waals surface area contributed by atoms with Crippen molar-refractivity contribution in [1.29, 1.82) is 0 Å². The van der Waals surface area contributed by atoms with E-state index < -0.39 is 0 Å². The van der Waals surface area contributed by atoms with Crippen molar-refractivity contribution in [3.8, 4) is 0 Å². The van der Waals surface area contributed by atoms with Crippen LogP contribution >= 0.6 is 11.8 Å². The van der Waals surface area contributed by atoms with Crippen molar-refractivity contribution in [1.82, 2.24) is 24.6 Å². The molecule has 0 aliphatic heterocycles. The van der Waals surface area contributed by atoms with Crippen molar-refractivity contribution in [3.05, 3.63) is 54.0 Å². The smallest absolute Gasteiger partial charge is 0.253 e. The van der Waals surface area contributed by atoms with Crippen LogP contribution in [0, 0.1) is 13.8 Å². The van der Waals surface area contributed by atoms with Gasteiger partial charge in [0.2, 0.25) is 11.1 Å². The molecule has 1 amide bonds. The summed E-state index contributed by atoms with van der Waals surface area (Å²) in [4.78, 5) is 25.8. The van der Waals surface area contributed by atoms with Gasteiger partial charge in [-0.1, -0.05) is 17.8 Å². The van der Waals surface area contributed by atoms with Gasteiger partial charge >= 0.3 is 0 Å². The number of hydrogen-bond donors (Lipinski definition) is 1. The highest BCUT2D eigenvalue weighted by Crippen LogP contribution is 2.25. The molecule has 1 unspecified atom stereocenters. The van der Waals surface area contributed by atoms with Crippen LogP contribution in [0.15, 0.2) is 47.8 Å². The largest absolute Gasteiger partial charge is 0.324 e. The van der Waals surface area contributed by atoms with Gasteiger partial charge in [-0.05, 0) is 51.1 Å². The number of amides is 1. The Labute approximate surface area is 160 Å². The fourth-order valence-corrected chi connectivity index (χ4v) is 3.60. The fraction of sp³-hybridized carbons (Fsp3) is 0.211. The number of nitrogens with one attached hydrogen (secondary N) is 1. The van der Waals surface area contributed by atoms with Gasteiger partial charge in [0.25, 0.3) is 5.78 Å². The van der Waals surface area contributed by atoms with Crippen LogP contribution in [0.4, 0.5) is 5.69 Å². The Hall–Kier alpha value is -3.00. The molecule has 7 nitrogen and oxygen atoms in total. The van der Waals surface area contributed by atoms with E-state index in [1.165, 1.54) is 11.8 Å². The van der Waals surface area contributed by atoms with Crippen LogP contribution in [0.25, 0.3) is 16.7 Å². The third-order valence-electron chi connectivity index (χ3n) is 4.15. The quantitative estimate of drug-likeness (QED) is 0.548. The predicted molar refractivity (Wildman–Crippen MR) is 106 cm³/mol. The third-order valence-corrected chi connectivity index (χ3v) is 5.11. The van der Waals surface area contributed by atoms with E-state index in [0.29, 0.717) is 10.9 Å². The lowest BCUT2D eigenvalue weighted by Crippen LogP contribution is -2.22. The summed E-state index contributed by atoms with van der Waals surface area (Å²) in [6, 6.07) is 11.4. The second-order valence-electron chi connectivity index (χ2n) is 6.27. The van der Waals surface area contributed by atoms with E-state index in [2.05, 4.69) is 25.4 Å². The molecule has 0 bridgehead atoms. The molecule has 0 aliphatic rings. The maximum absolute atomic E-state index is 12.7. The highest BCUT2D eigenvalue weighted by molar-refractivity contribution is 8.00. The molecular formula is C19H18N6OS. The Morgan fingerprint density at radius 1 is 1.19 bits per heavy atom.